The maximum Gasteiger partial charge on any atom is 0.0491 e. The molecule has 0 radical (unpaired) electrons. The summed E-state index contributed by atoms with van der Waals surface area (Å²) in [7, 11) is 0.867. The highest BCUT2D eigenvalue weighted by Gasteiger charge is 2.37. The first-order chi connectivity index (χ1) is 26.1. The number of aryl methyl sites for hydroxylation is 1. The molecule has 0 saturated carbocycles. The molecule has 1 nitrogen and oxygen atoms in total. The van der Waals surface area contributed by atoms with Gasteiger partial charge in [-0.2, -0.15) is 0 Å². The number of rotatable bonds is 11. The maximum absolute atomic E-state index is 4.13. The summed E-state index contributed by atoms with van der Waals surface area (Å²) >= 11 is 0. The van der Waals surface area contributed by atoms with E-state index in [2.05, 4.69) is 157 Å². The molecule has 1 atom stereocenters. The zero-order valence-corrected chi connectivity index (χ0v) is 34.3. The molecule has 0 saturated heterocycles. The fourth-order valence-corrected chi connectivity index (χ4v) is 9.77. The van der Waals surface area contributed by atoms with Gasteiger partial charge in [0.15, 0.2) is 0 Å². The number of hydrogen-bond acceptors (Lipinski definition) is 0. The molecule has 0 bridgehead atoms. The number of benzene rings is 3. The fourth-order valence-electron chi connectivity index (χ4n) is 8.22. The molecule has 2 aliphatic carbocycles. The van der Waals surface area contributed by atoms with Crippen LogP contribution in [-0.4, -0.2) is 4.57 Å². The average molecular weight is 726 g/mol. The zero-order chi connectivity index (χ0) is 38.6. The number of hydrogen-bond donors (Lipinski definition) is 0. The molecule has 0 N–H and O–H groups in total. The minimum Gasteiger partial charge on any atom is -0.310 e. The molecule has 54 heavy (non-hydrogen) atoms. The standard InChI is InChI=1S/C33H37N.C19H19P/c1-9-13-15-30-22(5)23(6)31(16-14-10-2)34(30)25-18-19-27-29(21-25)33(7,8)28-20-17-24(11-3)26(12-4)32(27)28;1-3-7-14(4-2)12-15-10-11-17-16-8-5-6-9-18(16)20-19(17)13-15/h11-21H,3-4,9-10H2,1-2,5-8H3;3-5,7-8,10-11,13,20H,1-2,6,9,12H2/b15-13-,16-14-;14-7+. The van der Waals surface area contributed by atoms with E-state index in [0.29, 0.717) is 0 Å². The van der Waals surface area contributed by atoms with Crippen molar-refractivity contribution in [1.29, 1.82) is 0 Å². The van der Waals surface area contributed by atoms with Gasteiger partial charge in [-0.1, -0.05) is 139 Å². The van der Waals surface area contributed by atoms with Gasteiger partial charge in [-0.15, -0.1) is 8.19 Å². The Morgan fingerprint density at radius 1 is 0.852 bits per heavy atom. The molecule has 2 aromatic heterocycles. The van der Waals surface area contributed by atoms with E-state index in [-0.39, 0.29) is 5.41 Å². The van der Waals surface area contributed by atoms with Crippen LogP contribution in [0.15, 0.2) is 117 Å². The largest absolute Gasteiger partial charge is 0.310 e. The zero-order valence-electron chi connectivity index (χ0n) is 33.3. The van der Waals surface area contributed by atoms with Crippen molar-refractivity contribution in [3.05, 3.63) is 178 Å². The Balaban J connectivity index is 0.000000210. The predicted octanol–water partition coefficient (Wildman–Crippen LogP) is 15.2. The van der Waals surface area contributed by atoms with Gasteiger partial charge in [-0.05, 0) is 153 Å². The molecule has 0 aliphatic heterocycles. The van der Waals surface area contributed by atoms with Crippen molar-refractivity contribution in [1.82, 2.24) is 4.57 Å². The van der Waals surface area contributed by atoms with Gasteiger partial charge in [0.1, 0.15) is 0 Å². The highest BCUT2D eigenvalue weighted by molar-refractivity contribution is 7.38. The Morgan fingerprint density at radius 3 is 2.20 bits per heavy atom. The summed E-state index contributed by atoms with van der Waals surface area (Å²) in [5, 5.41) is 4.61. The van der Waals surface area contributed by atoms with Crippen LogP contribution in [-0.2, 0) is 18.3 Å². The summed E-state index contributed by atoms with van der Waals surface area (Å²) < 4.78 is 2.44. The third-order valence-electron chi connectivity index (χ3n) is 11.2. The second-order valence-corrected chi connectivity index (χ2v) is 16.3. The predicted molar refractivity (Wildman–Crippen MR) is 245 cm³/mol. The molecule has 2 aliphatic rings. The lowest BCUT2D eigenvalue weighted by molar-refractivity contribution is 0.659. The van der Waals surface area contributed by atoms with Gasteiger partial charge in [0.25, 0.3) is 0 Å². The van der Waals surface area contributed by atoms with Crippen LogP contribution in [0.2, 0.25) is 0 Å². The van der Waals surface area contributed by atoms with Crippen LogP contribution in [0.25, 0.3) is 57.7 Å². The van der Waals surface area contributed by atoms with Crippen molar-refractivity contribution in [3.63, 3.8) is 0 Å². The number of aromatic nitrogens is 1. The number of nitrogens with zero attached hydrogens (tertiary/aromatic N) is 1. The van der Waals surface area contributed by atoms with Crippen molar-refractivity contribution < 1.29 is 0 Å². The number of allylic oxidation sites excluding steroid dienone is 7. The van der Waals surface area contributed by atoms with E-state index in [9.17, 15) is 0 Å². The lowest BCUT2D eigenvalue weighted by Gasteiger charge is -2.23. The first-order valence-corrected chi connectivity index (χ1v) is 20.5. The summed E-state index contributed by atoms with van der Waals surface area (Å²) in [5.41, 5.74) is 18.1. The molecule has 1 unspecified atom stereocenters. The molecular formula is C52H56NP. The molecule has 274 valence electrons. The average Bonchev–Trinajstić information content (AvgIpc) is 3.76. The minimum absolute atomic E-state index is 0.0891. The molecule has 0 fully saturated rings. The summed E-state index contributed by atoms with van der Waals surface area (Å²) in [6.45, 7) is 29.3. The van der Waals surface area contributed by atoms with Gasteiger partial charge in [0.2, 0.25) is 0 Å². The minimum atomic E-state index is -0.0891. The summed E-state index contributed by atoms with van der Waals surface area (Å²) in [4.78, 5) is 0. The third-order valence-corrected chi connectivity index (χ3v) is 12.8. The first kappa shape index (κ1) is 38.6. The lowest BCUT2D eigenvalue weighted by Crippen LogP contribution is -2.15. The van der Waals surface area contributed by atoms with Crippen molar-refractivity contribution in [2.75, 3.05) is 0 Å². The Labute approximate surface area is 326 Å². The normalized spacial score (nSPS) is 14.3. The van der Waals surface area contributed by atoms with Crippen LogP contribution in [0.5, 0.6) is 0 Å². The summed E-state index contributed by atoms with van der Waals surface area (Å²) in [6, 6.07) is 18.4. The van der Waals surface area contributed by atoms with E-state index >= 15 is 0 Å². The van der Waals surface area contributed by atoms with Gasteiger partial charge in [0.05, 0.1) is 0 Å². The highest BCUT2D eigenvalue weighted by Crippen LogP contribution is 2.52. The highest BCUT2D eigenvalue weighted by atomic mass is 31.0. The Morgan fingerprint density at radius 2 is 1.57 bits per heavy atom. The fraction of sp³-hybridized carbons (Fsp3) is 0.231. The molecule has 7 rings (SSSR count). The second kappa shape index (κ2) is 16.5. The SMILES string of the molecule is C=C/C=C(\C=C)Cc1ccc2c3c([pH]c2c1)CCC=C3.C=Cc1ccc2c(c1C=C)-c1ccc(-n3c(/C=C\CC)c(C)c(C)c3/C=C\CC)cc1C2(C)C. The topological polar surface area (TPSA) is 4.93 Å². The molecular weight excluding hydrogens is 670 g/mol. The quantitative estimate of drug-likeness (QED) is 0.120. The van der Waals surface area contributed by atoms with Crippen LogP contribution in [0.3, 0.4) is 0 Å². The van der Waals surface area contributed by atoms with Crippen LogP contribution < -0.4 is 0 Å². The molecule has 2 heteroatoms. The van der Waals surface area contributed by atoms with Crippen LogP contribution in [0, 0.1) is 13.8 Å². The van der Waals surface area contributed by atoms with E-state index in [1.165, 1.54) is 96.1 Å². The van der Waals surface area contributed by atoms with Gasteiger partial charge in [0, 0.05) is 22.5 Å². The van der Waals surface area contributed by atoms with Crippen molar-refractivity contribution in [3.8, 4) is 16.8 Å². The van der Waals surface area contributed by atoms with Crippen molar-refractivity contribution in [2.45, 2.75) is 79.1 Å². The second-order valence-electron chi connectivity index (χ2n) is 14.9. The van der Waals surface area contributed by atoms with E-state index in [1.54, 1.807) is 5.30 Å². The van der Waals surface area contributed by atoms with Gasteiger partial charge >= 0.3 is 0 Å². The third kappa shape index (κ3) is 7.11. The molecule has 5 aromatic rings. The van der Waals surface area contributed by atoms with Crippen LogP contribution >= 0.6 is 8.19 Å². The monoisotopic (exact) mass is 725 g/mol. The van der Waals surface area contributed by atoms with Crippen LogP contribution in [0.4, 0.5) is 0 Å². The van der Waals surface area contributed by atoms with Crippen molar-refractivity contribution >= 4 is 49.1 Å². The van der Waals surface area contributed by atoms with Crippen molar-refractivity contribution in [2.24, 2.45) is 0 Å². The smallest absolute Gasteiger partial charge is 0.0491 e. The Bertz CT molecular complexity index is 2350. The van der Waals surface area contributed by atoms with E-state index in [4.69, 9.17) is 0 Å². The van der Waals surface area contributed by atoms with Gasteiger partial charge in [-0.3, -0.25) is 0 Å². The molecule has 2 heterocycles. The van der Waals surface area contributed by atoms with E-state index in [1.807, 2.05) is 30.4 Å². The van der Waals surface area contributed by atoms with E-state index in [0.717, 1.165) is 33.0 Å². The Hall–Kier alpha value is -5.10. The summed E-state index contributed by atoms with van der Waals surface area (Å²) in [5.74, 6) is 0. The van der Waals surface area contributed by atoms with Crippen LogP contribution in [0.1, 0.15) is 108 Å². The Kier molecular flexibility index (Phi) is 11.8. The van der Waals surface area contributed by atoms with E-state index < -0.39 is 0 Å². The number of fused-ring (bicyclic) bond motifs is 6. The lowest BCUT2D eigenvalue weighted by atomic mass is 9.81. The van der Waals surface area contributed by atoms with Gasteiger partial charge < -0.3 is 4.57 Å². The van der Waals surface area contributed by atoms with Gasteiger partial charge in [-0.25, -0.2) is 0 Å². The summed E-state index contributed by atoms with van der Waals surface area (Å²) in [6.07, 6.45) is 28.8. The first-order valence-electron chi connectivity index (χ1n) is 19.5. The molecule has 0 spiro atoms. The maximum atomic E-state index is 4.13. The molecule has 0 amide bonds. The molecule has 3 aromatic carbocycles.